The normalized spacial score (nSPS) is 15.0. The van der Waals surface area contributed by atoms with Gasteiger partial charge in [0.25, 0.3) is 0 Å². The highest BCUT2D eigenvalue weighted by atomic mass is 19.1. The third-order valence-corrected chi connectivity index (χ3v) is 5.24. The van der Waals surface area contributed by atoms with Gasteiger partial charge in [-0.2, -0.15) is 0 Å². The number of rotatable bonds is 3. The van der Waals surface area contributed by atoms with Gasteiger partial charge in [0.15, 0.2) is 0 Å². The molecule has 1 aliphatic heterocycles. The van der Waals surface area contributed by atoms with E-state index in [0.29, 0.717) is 31.5 Å². The predicted molar refractivity (Wildman–Crippen MR) is 106 cm³/mol. The summed E-state index contributed by atoms with van der Waals surface area (Å²) >= 11 is 0. The molecule has 144 valence electrons. The van der Waals surface area contributed by atoms with Crippen molar-refractivity contribution in [3.05, 3.63) is 54.2 Å². The van der Waals surface area contributed by atoms with E-state index in [4.69, 9.17) is 5.11 Å². The zero-order valence-electron chi connectivity index (χ0n) is 15.5. The number of halogens is 1. The number of likely N-dealkylation sites (tertiary alicyclic amines) is 1. The van der Waals surface area contributed by atoms with Crippen LogP contribution in [0.25, 0.3) is 22.0 Å². The van der Waals surface area contributed by atoms with Crippen LogP contribution in [0.5, 0.6) is 0 Å². The summed E-state index contributed by atoms with van der Waals surface area (Å²) in [5.74, 6) is -0.267. The fourth-order valence-electron chi connectivity index (χ4n) is 3.79. The van der Waals surface area contributed by atoms with Crippen molar-refractivity contribution in [3.63, 3.8) is 0 Å². The lowest BCUT2D eigenvalue weighted by Crippen LogP contribution is -2.41. The molecule has 0 radical (unpaired) electrons. The zero-order valence-corrected chi connectivity index (χ0v) is 15.5. The van der Waals surface area contributed by atoms with Crippen LogP contribution in [-0.4, -0.2) is 45.2 Å². The summed E-state index contributed by atoms with van der Waals surface area (Å²) in [5.41, 5.74) is 3.78. The quantitative estimate of drug-likeness (QED) is 0.708. The number of hydrogen-bond donors (Lipinski definition) is 2. The van der Waals surface area contributed by atoms with Crippen LogP contribution >= 0.6 is 0 Å². The van der Waals surface area contributed by atoms with Gasteiger partial charge in [0.05, 0.1) is 11.2 Å². The summed E-state index contributed by atoms with van der Waals surface area (Å²) < 4.78 is 14.5. The second-order valence-corrected chi connectivity index (χ2v) is 7.10. The summed E-state index contributed by atoms with van der Waals surface area (Å²) in [5, 5.41) is 13.5. The van der Waals surface area contributed by atoms with Crippen LogP contribution in [0.2, 0.25) is 0 Å². The van der Waals surface area contributed by atoms with E-state index in [1.54, 1.807) is 12.3 Å². The first-order valence-electron chi connectivity index (χ1n) is 9.26. The Bertz CT molecular complexity index is 1010. The van der Waals surface area contributed by atoms with E-state index in [2.05, 4.69) is 15.3 Å². The van der Waals surface area contributed by atoms with Gasteiger partial charge < -0.3 is 15.3 Å². The summed E-state index contributed by atoms with van der Waals surface area (Å²) in [6.07, 6.45) is 3.76. The van der Waals surface area contributed by atoms with Gasteiger partial charge in [-0.25, -0.2) is 19.2 Å². The summed E-state index contributed by atoms with van der Waals surface area (Å²) in [6.45, 7) is 2.87. The number of hydrogen-bond acceptors (Lipinski definition) is 4. The van der Waals surface area contributed by atoms with Gasteiger partial charge in [0.1, 0.15) is 12.1 Å². The Morgan fingerprint density at radius 2 is 2.07 bits per heavy atom. The summed E-state index contributed by atoms with van der Waals surface area (Å²) in [4.78, 5) is 21.0. The molecule has 2 heterocycles. The average Bonchev–Trinajstić information content (AvgIpc) is 2.68. The van der Waals surface area contributed by atoms with Crippen LogP contribution in [0.1, 0.15) is 18.4 Å². The molecule has 1 fully saturated rings. The third kappa shape index (κ3) is 3.47. The maximum Gasteiger partial charge on any atom is 0.407 e. The Kier molecular flexibility index (Phi) is 4.81. The number of nitrogens with zero attached hydrogens (tertiary/aromatic N) is 3. The minimum absolute atomic E-state index is 0.130. The van der Waals surface area contributed by atoms with Gasteiger partial charge in [-0.05, 0) is 49.1 Å². The van der Waals surface area contributed by atoms with Crippen LogP contribution in [0.3, 0.4) is 0 Å². The molecule has 1 saturated heterocycles. The molecule has 0 aliphatic carbocycles. The highest BCUT2D eigenvalue weighted by Crippen LogP contribution is 2.33. The summed E-state index contributed by atoms with van der Waals surface area (Å²) in [6, 6.07) is 9.00. The number of aromatic nitrogens is 2. The molecule has 2 aromatic carbocycles. The monoisotopic (exact) mass is 380 g/mol. The summed E-state index contributed by atoms with van der Waals surface area (Å²) in [7, 11) is 0. The number of benzene rings is 2. The van der Waals surface area contributed by atoms with E-state index >= 15 is 0 Å². The Labute approximate surface area is 162 Å². The number of nitrogens with one attached hydrogen (secondary N) is 1. The topological polar surface area (TPSA) is 78.4 Å². The number of fused-ring (bicyclic) bond motifs is 1. The van der Waals surface area contributed by atoms with Gasteiger partial charge in [-0.3, -0.25) is 0 Å². The standard InChI is InChI=1S/C21H21FN4O2/c1-13-3-2-4-17(22)19(13)14-9-15-11-23-12-24-20(15)18(10-14)25-16-5-7-26(8-6-16)21(27)28/h2-4,9-12,16,25H,5-8H2,1H3,(H,27,28). The lowest BCUT2D eigenvalue weighted by atomic mass is 9.97. The first kappa shape index (κ1) is 18.2. The van der Waals surface area contributed by atoms with Gasteiger partial charge >= 0.3 is 6.09 Å². The zero-order chi connectivity index (χ0) is 19.7. The molecular weight excluding hydrogens is 359 g/mol. The molecule has 2 N–H and O–H groups in total. The van der Waals surface area contributed by atoms with E-state index in [9.17, 15) is 9.18 Å². The Balaban J connectivity index is 1.71. The molecule has 0 unspecified atom stereocenters. The molecular formula is C21H21FN4O2. The fraction of sp³-hybridized carbons (Fsp3) is 0.286. The van der Waals surface area contributed by atoms with Crippen LogP contribution in [0.4, 0.5) is 14.9 Å². The van der Waals surface area contributed by atoms with Gasteiger partial charge in [0.2, 0.25) is 0 Å². The van der Waals surface area contributed by atoms with E-state index in [0.717, 1.165) is 27.7 Å². The number of piperidine rings is 1. The van der Waals surface area contributed by atoms with E-state index < -0.39 is 6.09 Å². The molecule has 0 spiro atoms. The van der Waals surface area contributed by atoms with Crippen molar-refractivity contribution >= 4 is 22.7 Å². The molecule has 7 heteroatoms. The minimum atomic E-state index is -0.881. The maximum absolute atomic E-state index is 14.5. The van der Waals surface area contributed by atoms with Crippen molar-refractivity contribution in [2.45, 2.75) is 25.8 Å². The molecule has 1 amide bonds. The number of aryl methyl sites for hydroxylation is 1. The molecule has 28 heavy (non-hydrogen) atoms. The smallest absolute Gasteiger partial charge is 0.407 e. The molecule has 3 aromatic rings. The lowest BCUT2D eigenvalue weighted by molar-refractivity contribution is 0.134. The van der Waals surface area contributed by atoms with E-state index in [1.165, 1.54) is 17.3 Å². The van der Waals surface area contributed by atoms with Gasteiger partial charge in [0, 0.05) is 36.3 Å². The molecule has 1 aliphatic rings. The van der Waals surface area contributed by atoms with Crippen LogP contribution in [0.15, 0.2) is 42.9 Å². The first-order chi connectivity index (χ1) is 13.5. The SMILES string of the molecule is Cc1cccc(F)c1-c1cc(NC2CCN(C(=O)O)CC2)c2ncncc2c1. The van der Waals surface area contributed by atoms with Crippen LogP contribution in [0, 0.1) is 12.7 Å². The third-order valence-electron chi connectivity index (χ3n) is 5.24. The first-order valence-corrected chi connectivity index (χ1v) is 9.26. The van der Waals surface area contributed by atoms with Crippen molar-refractivity contribution in [2.75, 3.05) is 18.4 Å². The Hall–Kier alpha value is -3.22. The fourth-order valence-corrected chi connectivity index (χ4v) is 3.79. The molecule has 4 rings (SSSR count). The number of carbonyl (C=O) groups is 1. The van der Waals surface area contributed by atoms with Crippen LogP contribution in [-0.2, 0) is 0 Å². The van der Waals surface area contributed by atoms with Crippen molar-refractivity contribution in [2.24, 2.45) is 0 Å². The Morgan fingerprint density at radius 1 is 1.29 bits per heavy atom. The second kappa shape index (κ2) is 7.42. The molecule has 1 aromatic heterocycles. The van der Waals surface area contributed by atoms with E-state index in [1.807, 2.05) is 25.1 Å². The van der Waals surface area contributed by atoms with Gasteiger partial charge in [-0.15, -0.1) is 0 Å². The minimum Gasteiger partial charge on any atom is -0.465 e. The van der Waals surface area contributed by atoms with Crippen molar-refractivity contribution in [1.29, 1.82) is 0 Å². The number of anilines is 1. The highest BCUT2D eigenvalue weighted by Gasteiger charge is 2.23. The van der Waals surface area contributed by atoms with Crippen molar-refractivity contribution < 1.29 is 14.3 Å². The number of amides is 1. The lowest BCUT2D eigenvalue weighted by Gasteiger charge is -2.31. The van der Waals surface area contributed by atoms with Crippen LogP contribution < -0.4 is 5.32 Å². The Morgan fingerprint density at radius 3 is 2.79 bits per heavy atom. The largest absolute Gasteiger partial charge is 0.465 e. The van der Waals surface area contributed by atoms with E-state index in [-0.39, 0.29) is 11.9 Å². The van der Waals surface area contributed by atoms with Gasteiger partial charge in [-0.1, -0.05) is 12.1 Å². The number of carboxylic acid groups (broad SMARTS) is 1. The van der Waals surface area contributed by atoms with Crippen molar-refractivity contribution in [3.8, 4) is 11.1 Å². The second-order valence-electron chi connectivity index (χ2n) is 7.10. The average molecular weight is 380 g/mol. The molecule has 6 nitrogen and oxygen atoms in total. The molecule has 0 atom stereocenters. The highest BCUT2D eigenvalue weighted by molar-refractivity contribution is 5.94. The maximum atomic E-state index is 14.5. The molecule has 0 bridgehead atoms. The predicted octanol–water partition coefficient (Wildman–Crippen LogP) is 4.30. The van der Waals surface area contributed by atoms with Crippen molar-refractivity contribution in [1.82, 2.24) is 14.9 Å². The molecule has 0 saturated carbocycles.